The van der Waals surface area contributed by atoms with Gasteiger partial charge < -0.3 is 31.8 Å². The summed E-state index contributed by atoms with van der Waals surface area (Å²) < 4.78 is 0. The summed E-state index contributed by atoms with van der Waals surface area (Å²) in [6.45, 7) is 5.36. The van der Waals surface area contributed by atoms with E-state index in [4.69, 9.17) is 5.73 Å². The minimum Gasteiger partial charge on any atom is -0.480 e. The third-order valence-electron chi connectivity index (χ3n) is 4.65. The molecule has 1 rings (SSSR count). The molecule has 7 N–H and O–H groups in total. The number of aromatic amines is 1. The van der Waals surface area contributed by atoms with Gasteiger partial charge in [0.1, 0.15) is 18.1 Å². The zero-order valence-electron chi connectivity index (χ0n) is 18.9. The quantitative estimate of drug-likeness (QED) is 0.213. The lowest BCUT2D eigenvalue weighted by Gasteiger charge is -2.23. The Balaban J connectivity index is 2.84. The van der Waals surface area contributed by atoms with Crippen molar-refractivity contribution >= 4 is 35.5 Å². The van der Waals surface area contributed by atoms with Crippen LogP contribution in [0.1, 0.15) is 39.3 Å². The van der Waals surface area contributed by atoms with Gasteiger partial charge in [-0.25, -0.2) is 9.78 Å². The highest BCUT2D eigenvalue weighted by molar-refractivity contribution is 7.98. The molecule has 1 aromatic heterocycles. The predicted octanol–water partition coefficient (Wildman–Crippen LogP) is -0.362. The van der Waals surface area contributed by atoms with E-state index in [1.54, 1.807) is 0 Å². The number of carbonyl (C=O) groups excluding carboxylic acids is 3. The number of thioether (sulfide) groups is 1. The Morgan fingerprint density at radius 1 is 1.09 bits per heavy atom. The second kappa shape index (κ2) is 13.7. The second-order valence-electron chi connectivity index (χ2n) is 7.99. The van der Waals surface area contributed by atoms with Gasteiger partial charge in [0.2, 0.25) is 17.7 Å². The predicted molar refractivity (Wildman–Crippen MR) is 122 cm³/mol. The first-order valence-electron chi connectivity index (χ1n) is 10.4. The van der Waals surface area contributed by atoms with Crippen LogP contribution in [0.25, 0.3) is 0 Å². The van der Waals surface area contributed by atoms with Gasteiger partial charge in [-0.1, -0.05) is 13.8 Å². The SMILES string of the molecule is CSCCC(NC(=O)C(Cc1cnc[nH]1)NC(=O)C(C)NC(=O)C(N)CC(C)C)C(=O)O. The number of aromatic nitrogens is 2. The number of hydrogen-bond donors (Lipinski definition) is 6. The van der Waals surface area contributed by atoms with Gasteiger partial charge in [-0.2, -0.15) is 11.8 Å². The van der Waals surface area contributed by atoms with Crippen molar-refractivity contribution in [1.82, 2.24) is 25.9 Å². The number of carboxylic acids is 1. The number of carboxylic acid groups (broad SMARTS) is 1. The van der Waals surface area contributed by atoms with Crippen molar-refractivity contribution in [3.05, 3.63) is 18.2 Å². The van der Waals surface area contributed by atoms with E-state index in [2.05, 4.69) is 25.9 Å². The molecule has 180 valence electrons. The van der Waals surface area contributed by atoms with Crippen molar-refractivity contribution in [2.75, 3.05) is 12.0 Å². The number of rotatable bonds is 14. The molecule has 32 heavy (non-hydrogen) atoms. The molecule has 1 aromatic rings. The molecule has 12 heteroatoms. The molecule has 0 spiro atoms. The Kier molecular flexibility index (Phi) is 11.8. The van der Waals surface area contributed by atoms with Crippen LogP contribution >= 0.6 is 11.8 Å². The summed E-state index contributed by atoms with van der Waals surface area (Å²) in [7, 11) is 0. The van der Waals surface area contributed by atoms with Crippen molar-refractivity contribution in [3.63, 3.8) is 0 Å². The first kappa shape index (κ1) is 27.4. The lowest BCUT2D eigenvalue weighted by molar-refractivity contribution is -0.142. The van der Waals surface area contributed by atoms with Gasteiger partial charge in [-0.3, -0.25) is 14.4 Å². The van der Waals surface area contributed by atoms with Gasteiger partial charge in [0.05, 0.1) is 12.4 Å². The molecule has 0 aliphatic carbocycles. The Bertz CT molecular complexity index is 758. The first-order chi connectivity index (χ1) is 15.0. The number of carbonyl (C=O) groups is 4. The summed E-state index contributed by atoms with van der Waals surface area (Å²) in [5, 5.41) is 17.0. The zero-order chi connectivity index (χ0) is 24.3. The van der Waals surface area contributed by atoms with Gasteiger partial charge in [0.25, 0.3) is 0 Å². The lowest BCUT2D eigenvalue weighted by atomic mass is 10.0. The molecule has 0 bridgehead atoms. The highest BCUT2D eigenvalue weighted by Gasteiger charge is 2.29. The van der Waals surface area contributed by atoms with Crippen LogP contribution in [0.2, 0.25) is 0 Å². The average molecular weight is 471 g/mol. The minimum atomic E-state index is -1.15. The van der Waals surface area contributed by atoms with Gasteiger partial charge in [0, 0.05) is 18.3 Å². The van der Waals surface area contributed by atoms with Gasteiger partial charge in [-0.05, 0) is 37.7 Å². The topological polar surface area (TPSA) is 179 Å². The number of aliphatic carboxylic acids is 1. The van der Waals surface area contributed by atoms with E-state index in [0.717, 1.165) is 0 Å². The van der Waals surface area contributed by atoms with Crippen LogP contribution in [0, 0.1) is 5.92 Å². The highest BCUT2D eigenvalue weighted by Crippen LogP contribution is 2.05. The van der Waals surface area contributed by atoms with E-state index < -0.39 is 47.9 Å². The number of nitrogens with two attached hydrogens (primary N) is 1. The number of hydrogen-bond acceptors (Lipinski definition) is 7. The molecule has 0 fully saturated rings. The van der Waals surface area contributed by atoms with Crippen molar-refractivity contribution in [3.8, 4) is 0 Å². The maximum absolute atomic E-state index is 12.8. The van der Waals surface area contributed by atoms with E-state index in [-0.39, 0.29) is 18.8 Å². The smallest absolute Gasteiger partial charge is 0.326 e. The standard InChI is InChI=1S/C20H34N6O5S/c1-11(2)7-14(21)18(28)24-12(3)17(27)26-16(8-13-9-22-10-23-13)19(29)25-15(20(30)31)5-6-32-4/h9-12,14-16H,5-8,21H2,1-4H3,(H,22,23)(H,24,28)(H,25,29)(H,26,27)(H,30,31). The molecule has 0 radical (unpaired) electrons. The molecule has 0 aliphatic heterocycles. The Morgan fingerprint density at radius 2 is 1.75 bits per heavy atom. The normalized spacial score (nSPS) is 14.8. The molecule has 0 saturated carbocycles. The van der Waals surface area contributed by atoms with Crippen molar-refractivity contribution < 1.29 is 24.3 Å². The summed E-state index contributed by atoms with van der Waals surface area (Å²) in [5.41, 5.74) is 6.43. The average Bonchev–Trinajstić information content (AvgIpc) is 3.22. The van der Waals surface area contributed by atoms with Crippen LogP contribution in [0.3, 0.4) is 0 Å². The summed E-state index contributed by atoms with van der Waals surface area (Å²) in [5.74, 6) is -2.08. The maximum atomic E-state index is 12.8. The van der Waals surface area contributed by atoms with Crippen LogP contribution in [0.15, 0.2) is 12.5 Å². The first-order valence-corrected chi connectivity index (χ1v) is 11.8. The highest BCUT2D eigenvalue weighted by atomic mass is 32.2. The summed E-state index contributed by atoms with van der Waals surface area (Å²) >= 11 is 1.46. The molecule has 0 aromatic carbocycles. The van der Waals surface area contributed by atoms with E-state index in [1.165, 1.54) is 31.2 Å². The summed E-state index contributed by atoms with van der Waals surface area (Å²) in [4.78, 5) is 55.9. The fourth-order valence-electron chi connectivity index (χ4n) is 2.89. The number of nitrogens with one attached hydrogen (secondary N) is 4. The van der Waals surface area contributed by atoms with Crippen molar-refractivity contribution in [2.45, 2.75) is 64.2 Å². The Labute approximate surface area is 192 Å². The van der Waals surface area contributed by atoms with E-state index in [1.807, 2.05) is 20.1 Å². The number of H-pyrrole nitrogens is 1. The molecule has 1 heterocycles. The monoisotopic (exact) mass is 470 g/mol. The number of amides is 3. The van der Waals surface area contributed by atoms with Crippen molar-refractivity contribution in [1.29, 1.82) is 0 Å². The Morgan fingerprint density at radius 3 is 2.28 bits per heavy atom. The van der Waals surface area contributed by atoms with Gasteiger partial charge in [0.15, 0.2) is 0 Å². The largest absolute Gasteiger partial charge is 0.480 e. The van der Waals surface area contributed by atoms with Crippen LogP contribution < -0.4 is 21.7 Å². The molecule has 0 aliphatic rings. The lowest BCUT2D eigenvalue weighted by Crippen LogP contribution is -2.57. The maximum Gasteiger partial charge on any atom is 0.326 e. The zero-order valence-corrected chi connectivity index (χ0v) is 19.7. The molecule has 11 nitrogen and oxygen atoms in total. The fourth-order valence-corrected chi connectivity index (χ4v) is 3.36. The molecule has 3 amide bonds. The summed E-state index contributed by atoms with van der Waals surface area (Å²) in [6.07, 6.45) is 5.56. The molecule has 4 atom stereocenters. The van der Waals surface area contributed by atoms with E-state index in [9.17, 15) is 24.3 Å². The summed E-state index contributed by atoms with van der Waals surface area (Å²) in [6, 6.07) is -3.84. The molecule has 4 unspecified atom stereocenters. The second-order valence-corrected chi connectivity index (χ2v) is 8.97. The van der Waals surface area contributed by atoms with E-state index >= 15 is 0 Å². The van der Waals surface area contributed by atoms with Gasteiger partial charge in [-0.15, -0.1) is 0 Å². The van der Waals surface area contributed by atoms with Crippen LogP contribution in [0.4, 0.5) is 0 Å². The third kappa shape index (κ3) is 9.69. The third-order valence-corrected chi connectivity index (χ3v) is 5.30. The number of imidazole rings is 1. The van der Waals surface area contributed by atoms with Gasteiger partial charge >= 0.3 is 5.97 Å². The van der Waals surface area contributed by atoms with E-state index in [0.29, 0.717) is 17.9 Å². The minimum absolute atomic E-state index is 0.0694. The van der Waals surface area contributed by atoms with Crippen LogP contribution in [-0.4, -0.2) is 74.9 Å². The van der Waals surface area contributed by atoms with Crippen LogP contribution in [0.5, 0.6) is 0 Å². The fraction of sp³-hybridized carbons (Fsp3) is 0.650. The molecular formula is C20H34N6O5S. The molecular weight excluding hydrogens is 436 g/mol. The Hall–Kier alpha value is -2.60. The van der Waals surface area contributed by atoms with Crippen molar-refractivity contribution in [2.24, 2.45) is 11.7 Å². The van der Waals surface area contributed by atoms with Crippen LogP contribution in [-0.2, 0) is 25.6 Å². The molecule has 0 saturated heterocycles. The number of nitrogens with zero attached hydrogens (tertiary/aromatic N) is 1.